The van der Waals surface area contributed by atoms with Gasteiger partial charge in [0.2, 0.25) is 0 Å². The number of aromatic nitrogens is 1. The van der Waals surface area contributed by atoms with Crippen LogP contribution in [0.4, 0.5) is 13.6 Å². The third kappa shape index (κ3) is 4.08. The minimum absolute atomic E-state index is 0.0314. The minimum atomic E-state index is -0.620. The van der Waals surface area contributed by atoms with Gasteiger partial charge in [0.25, 0.3) is 0 Å². The summed E-state index contributed by atoms with van der Waals surface area (Å²) in [5.41, 5.74) is 0.783. The molecule has 0 radical (unpaired) electrons. The fourth-order valence-electron chi connectivity index (χ4n) is 2.73. The Morgan fingerprint density at radius 2 is 2.04 bits per heavy atom. The molecule has 2 amide bonds. The molecule has 1 aliphatic heterocycles. The van der Waals surface area contributed by atoms with Gasteiger partial charge in [0.15, 0.2) is 0 Å². The van der Waals surface area contributed by atoms with Crippen molar-refractivity contribution in [2.45, 2.75) is 25.7 Å². The van der Waals surface area contributed by atoms with Gasteiger partial charge in [0.1, 0.15) is 11.6 Å². The second-order valence-electron chi connectivity index (χ2n) is 5.78. The molecule has 7 heteroatoms. The van der Waals surface area contributed by atoms with Gasteiger partial charge in [-0.25, -0.2) is 18.6 Å². The summed E-state index contributed by atoms with van der Waals surface area (Å²) in [5.74, 6) is -1.22. The molecule has 128 valence electrons. The summed E-state index contributed by atoms with van der Waals surface area (Å²) >= 11 is 1.41. The first kappa shape index (κ1) is 16.8. The lowest BCUT2D eigenvalue weighted by atomic mass is 10.1. The quantitative estimate of drug-likeness (QED) is 0.910. The predicted molar refractivity (Wildman–Crippen MR) is 90.0 cm³/mol. The molecule has 0 saturated carbocycles. The highest BCUT2D eigenvalue weighted by Crippen LogP contribution is 2.25. The standard InChI is InChI=1S/C17H19F2N3OS/c18-12-4-5-13(14(19)10-12)15-11-24-16(21-15)6-7-20-17(23)22-8-2-1-3-9-22/h4-5,10-11H,1-3,6-9H2,(H,20,23). The number of piperidine rings is 1. The molecular formula is C17H19F2N3OS. The summed E-state index contributed by atoms with van der Waals surface area (Å²) in [4.78, 5) is 18.2. The highest BCUT2D eigenvalue weighted by atomic mass is 32.1. The smallest absolute Gasteiger partial charge is 0.317 e. The van der Waals surface area contributed by atoms with Crippen LogP contribution >= 0.6 is 11.3 Å². The lowest BCUT2D eigenvalue weighted by Crippen LogP contribution is -2.43. The molecule has 1 aromatic carbocycles. The van der Waals surface area contributed by atoms with Crippen LogP contribution < -0.4 is 5.32 Å². The van der Waals surface area contributed by atoms with Crippen LogP contribution in [0.1, 0.15) is 24.3 Å². The summed E-state index contributed by atoms with van der Waals surface area (Å²) in [7, 11) is 0. The van der Waals surface area contributed by atoms with E-state index in [1.807, 2.05) is 4.90 Å². The topological polar surface area (TPSA) is 45.2 Å². The molecule has 4 nitrogen and oxygen atoms in total. The molecule has 0 spiro atoms. The Bertz CT molecular complexity index is 714. The van der Waals surface area contributed by atoms with Crippen molar-refractivity contribution in [2.75, 3.05) is 19.6 Å². The van der Waals surface area contributed by atoms with Gasteiger partial charge in [-0.05, 0) is 31.4 Å². The van der Waals surface area contributed by atoms with Crippen molar-refractivity contribution in [3.05, 3.63) is 40.2 Å². The maximum atomic E-state index is 13.8. The molecule has 1 aliphatic rings. The van der Waals surface area contributed by atoms with E-state index in [4.69, 9.17) is 0 Å². The lowest BCUT2D eigenvalue weighted by Gasteiger charge is -2.26. The van der Waals surface area contributed by atoms with Crippen molar-refractivity contribution in [3.8, 4) is 11.3 Å². The molecule has 24 heavy (non-hydrogen) atoms. The Hall–Kier alpha value is -2.02. The number of thiazole rings is 1. The number of nitrogens with one attached hydrogen (secondary N) is 1. The fourth-order valence-corrected chi connectivity index (χ4v) is 3.53. The summed E-state index contributed by atoms with van der Waals surface area (Å²) in [6.07, 6.45) is 3.90. The van der Waals surface area contributed by atoms with Crippen molar-refractivity contribution in [1.82, 2.24) is 15.2 Å². The van der Waals surface area contributed by atoms with Crippen LogP contribution in [-0.2, 0) is 6.42 Å². The number of benzene rings is 1. The van der Waals surface area contributed by atoms with Gasteiger partial charge >= 0.3 is 6.03 Å². The van der Waals surface area contributed by atoms with E-state index in [-0.39, 0.29) is 11.6 Å². The summed E-state index contributed by atoms with van der Waals surface area (Å²) < 4.78 is 26.7. The average molecular weight is 351 g/mol. The third-order valence-corrected chi connectivity index (χ3v) is 4.93. The number of likely N-dealkylation sites (tertiary alicyclic amines) is 1. The van der Waals surface area contributed by atoms with Crippen LogP contribution in [0.2, 0.25) is 0 Å². The second-order valence-corrected chi connectivity index (χ2v) is 6.72. The number of carbonyl (C=O) groups is 1. The highest BCUT2D eigenvalue weighted by molar-refractivity contribution is 7.09. The van der Waals surface area contributed by atoms with Crippen molar-refractivity contribution >= 4 is 17.4 Å². The molecule has 1 fully saturated rings. The first-order valence-electron chi connectivity index (χ1n) is 8.06. The van der Waals surface area contributed by atoms with E-state index in [1.165, 1.54) is 29.9 Å². The van der Waals surface area contributed by atoms with Crippen LogP contribution in [0.15, 0.2) is 23.6 Å². The van der Waals surface area contributed by atoms with Crippen LogP contribution in [-0.4, -0.2) is 35.5 Å². The summed E-state index contributed by atoms with van der Waals surface area (Å²) in [5, 5.41) is 5.46. The number of hydrogen-bond acceptors (Lipinski definition) is 3. The monoisotopic (exact) mass is 351 g/mol. The van der Waals surface area contributed by atoms with Crippen LogP contribution in [0.3, 0.4) is 0 Å². The molecule has 0 unspecified atom stereocenters. The van der Waals surface area contributed by atoms with Crippen LogP contribution in [0.5, 0.6) is 0 Å². The van der Waals surface area contributed by atoms with Gasteiger partial charge in [-0.3, -0.25) is 0 Å². The molecule has 1 saturated heterocycles. The van der Waals surface area contributed by atoms with E-state index in [0.29, 0.717) is 18.7 Å². The Kier molecular flexibility index (Phi) is 5.40. The van der Waals surface area contributed by atoms with Crippen molar-refractivity contribution < 1.29 is 13.6 Å². The second kappa shape index (κ2) is 7.70. The van der Waals surface area contributed by atoms with Crippen molar-refractivity contribution in [2.24, 2.45) is 0 Å². The van der Waals surface area contributed by atoms with E-state index in [0.717, 1.165) is 37.0 Å². The van der Waals surface area contributed by atoms with E-state index in [1.54, 1.807) is 5.38 Å². The van der Waals surface area contributed by atoms with E-state index < -0.39 is 11.6 Å². The minimum Gasteiger partial charge on any atom is -0.338 e. The maximum absolute atomic E-state index is 13.8. The normalized spacial score (nSPS) is 14.7. The number of nitrogens with zero attached hydrogens (tertiary/aromatic N) is 2. The molecule has 2 aromatic rings. The molecule has 3 rings (SSSR count). The van der Waals surface area contributed by atoms with Gasteiger partial charge in [-0.1, -0.05) is 0 Å². The maximum Gasteiger partial charge on any atom is 0.317 e. The van der Waals surface area contributed by atoms with Gasteiger partial charge in [-0.2, -0.15) is 0 Å². The highest BCUT2D eigenvalue weighted by Gasteiger charge is 2.16. The summed E-state index contributed by atoms with van der Waals surface area (Å²) in [6.45, 7) is 2.13. The lowest BCUT2D eigenvalue weighted by molar-refractivity contribution is 0.186. The van der Waals surface area contributed by atoms with Gasteiger partial charge in [0.05, 0.1) is 10.7 Å². The van der Waals surface area contributed by atoms with E-state index >= 15 is 0 Å². The molecule has 0 aliphatic carbocycles. The molecule has 0 bridgehead atoms. The number of hydrogen-bond donors (Lipinski definition) is 1. The molecule has 0 atom stereocenters. The van der Waals surface area contributed by atoms with E-state index in [9.17, 15) is 13.6 Å². The van der Waals surface area contributed by atoms with Crippen LogP contribution in [0, 0.1) is 11.6 Å². The number of amides is 2. The number of halogens is 2. The number of rotatable bonds is 4. The molecule has 1 N–H and O–H groups in total. The SMILES string of the molecule is O=C(NCCc1nc(-c2ccc(F)cc2F)cs1)N1CCCCC1. The van der Waals surface area contributed by atoms with E-state index in [2.05, 4.69) is 10.3 Å². The predicted octanol–water partition coefficient (Wildman–Crippen LogP) is 3.83. The first-order valence-corrected chi connectivity index (χ1v) is 8.94. The average Bonchev–Trinajstić information content (AvgIpc) is 3.04. The zero-order valence-corrected chi connectivity index (χ0v) is 14.0. The van der Waals surface area contributed by atoms with Crippen molar-refractivity contribution in [1.29, 1.82) is 0 Å². The van der Waals surface area contributed by atoms with Crippen LogP contribution in [0.25, 0.3) is 11.3 Å². The third-order valence-electron chi connectivity index (χ3n) is 4.02. The fraction of sp³-hybridized carbons (Fsp3) is 0.412. The molecule has 1 aromatic heterocycles. The molecule has 2 heterocycles. The zero-order valence-electron chi connectivity index (χ0n) is 13.2. The van der Waals surface area contributed by atoms with Crippen molar-refractivity contribution in [3.63, 3.8) is 0 Å². The molecular weight excluding hydrogens is 332 g/mol. The van der Waals surface area contributed by atoms with Gasteiger partial charge in [0, 0.05) is 43.1 Å². The van der Waals surface area contributed by atoms with Gasteiger partial charge < -0.3 is 10.2 Å². The Labute approximate surface area is 143 Å². The largest absolute Gasteiger partial charge is 0.338 e. The van der Waals surface area contributed by atoms with Gasteiger partial charge in [-0.15, -0.1) is 11.3 Å². The Morgan fingerprint density at radius 3 is 2.79 bits per heavy atom. The summed E-state index contributed by atoms with van der Waals surface area (Å²) in [6, 6.07) is 3.43. The number of carbonyl (C=O) groups excluding carboxylic acids is 1. The Morgan fingerprint density at radius 1 is 1.25 bits per heavy atom. The first-order chi connectivity index (χ1) is 11.6. The zero-order chi connectivity index (χ0) is 16.9. The number of urea groups is 1. The Balaban J connectivity index is 1.53.